The van der Waals surface area contributed by atoms with Gasteiger partial charge in [0.25, 0.3) is 0 Å². The van der Waals surface area contributed by atoms with Crippen LogP contribution < -0.4 is 9.47 Å². The van der Waals surface area contributed by atoms with Crippen molar-refractivity contribution in [2.24, 2.45) is 0 Å². The maximum absolute atomic E-state index is 12.5. The molecule has 0 unspecified atom stereocenters. The minimum Gasteiger partial charge on any atom is -0.497 e. The number of esters is 1. The molecule has 0 saturated carbocycles. The van der Waals surface area contributed by atoms with Crippen molar-refractivity contribution < 1.29 is 28.5 Å². The summed E-state index contributed by atoms with van der Waals surface area (Å²) in [7, 11) is 4.77. The molecule has 7 nitrogen and oxygen atoms in total. The SMILES string of the molecule is COCCCn1c(C)cc(C(=O)COC(=O)/C=C/c2ccc(OC)cc2OC)c1C. The van der Waals surface area contributed by atoms with Crippen LogP contribution in [0.1, 0.15) is 33.7 Å². The van der Waals surface area contributed by atoms with Gasteiger partial charge in [-0.25, -0.2) is 4.79 Å². The summed E-state index contributed by atoms with van der Waals surface area (Å²) >= 11 is 0. The van der Waals surface area contributed by atoms with Crippen molar-refractivity contribution >= 4 is 17.8 Å². The minimum atomic E-state index is -0.602. The molecule has 0 atom stereocenters. The standard InChI is InChI=1S/C23H29NO6/c1-16-13-20(17(2)24(16)11-6-12-27-3)21(25)15-30-23(26)10-8-18-7-9-19(28-4)14-22(18)29-5/h7-10,13-14H,6,11-12,15H2,1-5H3/b10-8+. The van der Waals surface area contributed by atoms with Gasteiger partial charge in [-0.3, -0.25) is 4.79 Å². The van der Waals surface area contributed by atoms with Gasteiger partial charge >= 0.3 is 5.97 Å². The fourth-order valence-corrected chi connectivity index (χ4v) is 3.17. The van der Waals surface area contributed by atoms with Crippen molar-refractivity contribution in [3.8, 4) is 11.5 Å². The van der Waals surface area contributed by atoms with Gasteiger partial charge in [0.15, 0.2) is 6.61 Å². The Kier molecular flexibility index (Phi) is 8.68. The molecule has 1 aromatic heterocycles. The van der Waals surface area contributed by atoms with Gasteiger partial charge < -0.3 is 23.5 Å². The molecule has 1 aromatic carbocycles. The zero-order valence-corrected chi connectivity index (χ0v) is 18.2. The molecule has 30 heavy (non-hydrogen) atoms. The Hall–Kier alpha value is -3.06. The molecule has 0 fully saturated rings. The van der Waals surface area contributed by atoms with Crippen LogP contribution in [0.25, 0.3) is 6.08 Å². The summed E-state index contributed by atoms with van der Waals surface area (Å²) in [6.45, 7) is 4.96. The van der Waals surface area contributed by atoms with Crippen LogP contribution in [-0.4, -0.2) is 50.9 Å². The second-order valence-electron chi connectivity index (χ2n) is 6.75. The van der Waals surface area contributed by atoms with Crippen LogP contribution in [0, 0.1) is 13.8 Å². The summed E-state index contributed by atoms with van der Waals surface area (Å²) in [4.78, 5) is 24.6. The van der Waals surface area contributed by atoms with E-state index in [-0.39, 0.29) is 12.4 Å². The lowest BCUT2D eigenvalue weighted by Crippen LogP contribution is -2.14. The van der Waals surface area contributed by atoms with Gasteiger partial charge in [-0.2, -0.15) is 0 Å². The molecule has 7 heteroatoms. The number of rotatable bonds is 11. The average molecular weight is 415 g/mol. The van der Waals surface area contributed by atoms with Crippen molar-refractivity contribution in [2.45, 2.75) is 26.8 Å². The van der Waals surface area contributed by atoms with Crippen molar-refractivity contribution in [1.29, 1.82) is 0 Å². The fourth-order valence-electron chi connectivity index (χ4n) is 3.17. The highest BCUT2D eigenvalue weighted by Gasteiger charge is 2.16. The van der Waals surface area contributed by atoms with Crippen molar-refractivity contribution in [2.75, 3.05) is 34.5 Å². The highest BCUT2D eigenvalue weighted by atomic mass is 16.5. The Labute approximate surface area is 177 Å². The Balaban J connectivity index is 1.97. The molecule has 0 aliphatic carbocycles. The van der Waals surface area contributed by atoms with Gasteiger partial charge in [0.05, 0.1) is 14.2 Å². The first kappa shape index (κ1) is 23.2. The molecule has 0 bridgehead atoms. The predicted octanol–water partition coefficient (Wildman–Crippen LogP) is 3.60. The summed E-state index contributed by atoms with van der Waals surface area (Å²) in [6, 6.07) is 7.08. The quantitative estimate of drug-likeness (QED) is 0.242. The van der Waals surface area contributed by atoms with Gasteiger partial charge in [0.1, 0.15) is 11.5 Å². The van der Waals surface area contributed by atoms with Gasteiger partial charge in [0.2, 0.25) is 5.78 Å². The van der Waals surface area contributed by atoms with E-state index in [1.54, 1.807) is 38.5 Å². The van der Waals surface area contributed by atoms with Crippen LogP contribution in [0.15, 0.2) is 30.3 Å². The number of aromatic nitrogens is 1. The number of nitrogens with zero attached hydrogens (tertiary/aromatic N) is 1. The molecule has 162 valence electrons. The summed E-state index contributed by atoms with van der Waals surface area (Å²) in [5.74, 6) is 0.382. The van der Waals surface area contributed by atoms with Crippen LogP contribution in [0.4, 0.5) is 0 Å². The summed E-state index contributed by atoms with van der Waals surface area (Å²) in [5.41, 5.74) is 3.12. The number of benzene rings is 1. The third-order valence-electron chi connectivity index (χ3n) is 4.79. The van der Waals surface area contributed by atoms with Gasteiger partial charge in [-0.1, -0.05) is 0 Å². The maximum atomic E-state index is 12.5. The van der Waals surface area contributed by atoms with E-state index < -0.39 is 5.97 Å². The number of ketones is 1. The summed E-state index contributed by atoms with van der Waals surface area (Å²) in [5, 5.41) is 0. The second-order valence-corrected chi connectivity index (χ2v) is 6.75. The molecule has 0 N–H and O–H groups in total. The van der Waals surface area contributed by atoms with E-state index in [0.29, 0.717) is 29.2 Å². The Morgan fingerprint density at radius 1 is 1.07 bits per heavy atom. The molecular formula is C23H29NO6. The second kappa shape index (κ2) is 11.2. The van der Waals surface area contributed by atoms with Crippen LogP contribution in [-0.2, 0) is 20.8 Å². The largest absolute Gasteiger partial charge is 0.497 e. The summed E-state index contributed by atoms with van der Waals surface area (Å²) in [6.07, 6.45) is 3.70. The minimum absolute atomic E-state index is 0.232. The third kappa shape index (κ3) is 5.97. The third-order valence-corrected chi connectivity index (χ3v) is 4.79. The zero-order valence-electron chi connectivity index (χ0n) is 18.2. The van der Waals surface area contributed by atoms with Crippen LogP contribution in [0.2, 0.25) is 0 Å². The lowest BCUT2D eigenvalue weighted by Gasteiger charge is -2.09. The zero-order chi connectivity index (χ0) is 22.1. The Morgan fingerprint density at radius 2 is 1.83 bits per heavy atom. The lowest BCUT2D eigenvalue weighted by atomic mass is 10.1. The first-order valence-corrected chi connectivity index (χ1v) is 9.67. The molecule has 0 spiro atoms. The number of carbonyl (C=O) groups is 2. The highest BCUT2D eigenvalue weighted by Crippen LogP contribution is 2.25. The van der Waals surface area contributed by atoms with Gasteiger partial charge in [-0.05, 0) is 44.5 Å². The predicted molar refractivity (Wildman–Crippen MR) is 114 cm³/mol. The monoisotopic (exact) mass is 415 g/mol. The van der Waals surface area contributed by atoms with Crippen molar-refractivity contribution in [1.82, 2.24) is 4.57 Å². The van der Waals surface area contributed by atoms with E-state index in [1.807, 2.05) is 19.9 Å². The Morgan fingerprint density at radius 3 is 2.50 bits per heavy atom. The highest BCUT2D eigenvalue weighted by molar-refractivity contribution is 6.00. The van der Waals surface area contributed by atoms with E-state index in [9.17, 15) is 9.59 Å². The molecule has 2 rings (SSSR count). The Bertz CT molecular complexity index is 913. The van der Waals surface area contributed by atoms with E-state index in [2.05, 4.69) is 4.57 Å². The van der Waals surface area contributed by atoms with Gasteiger partial charge in [0, 0.05) is 54.9 Å². The number of Topliss-reactive ketones (excluding diaryl/α,β-unsaturated/α-hetero) is 1. The number of ether oxygens (including phenoxy) is 4. The molecule has 0 amide bonds. The van der Waals surface area contributed by atoms with Gasteiger partial charge in [-0.15, -0.1) is 0 Å². The maximum Gasteiger partial charge on any atom is 0.331 e. The molecular weight excluding hydrogens is 386 g/mol. The number of hydrogen-bond donors (Lipinski definition) is 0. The summed E-state index contributed by atoms with van der Waals surface area (Å²) < 4.78 is 22.7. The number of methoxy groups -OCH3 is 3. The first-order valence-electron chi connectivity index (χ1n) is 9.67. The van der Waals surface area contributed by atoms with Crippen LogP contribution in [0.3, 0.4) is 0 Å². The fraction of sp³-hybridized carbons (Fsp3) is 0.391. The van der Waals surface area contributed by atoms with E-state index >= 15 is 0 Å². The molecule has 2 aromatic rings. The van der Waals surface area contributed by atoms with Crippen molar-refractivity contribution in [3.05, 3.63) is 52.9 Å². The normalized spacial score (nSPS) is 11.0. The number of aryl methyl sites for hydroxylation is 1. The number of hydrogen-bond acceptors (Lipinski definition) is 6. The number of carbonyl (C=O) groups excluding carboxylic acids is 2. The van der Waals surface area contributed by atoms with E-state index in [4.69, 9.17) is 18.9 Å². The molecule has 0 saturated heterocycles. The molecule has 0 aliphatic rings. The van der Waals surface area contributed by atoms with E-state index in [0.717, 1.165) is 24.4 Å². The van der Waals surface area contributed by atoms with Crippen molar-refractivity contribution in [3.63, 3.8) is 0 Å². The van der Waals surface area contributed by atoms with Crippen LogP contribution in [0.5, 0.6) is 11.5 Å². The topological polar surface area (TPSA) is 76.0 Å². The van der Waals surface area contributed by atoms with Crippen LogP contribution >= 0.6 is 0 Å². The average Bonchev–Trinajstić information content (AvgIpc) is 3.04. The first-order chi connectivity index (χ1) is 14.4. The molecule has 0 radical (unpaired) electrons. The lowest BCUT2D eigenvalue weighted by molar-refractivity contribution is -0.136. The van der Waals surface area contributed by atoms with E-state index in [1.165, 1.54) is 13.2 Å². The molecule has 1 heterocycles. The smallest absolute Gasteiger partial charge is 0.331 e. The molecule has 0 aliphatic heterocycles.